The number of rotatable bonds is 3. The third-order valence-corrected chi connectivity index (χ3v) is 5.30. The molecule has 1 N–H and O–H groups in total. The molecule has 1 fully saturated rings. The summed E-state index contributed by atoms with van der Waals surface area (Å²) in [7, 11) is -3.94. The Hall–Kier alpha value is -0.690. The first-order valence-electron chi connectivity index (χ1n) is 5.55. The maximum atomic E-state index is 13.8. The molecule has 0 aromatic heterocycles. The summed E-state index contributed by atoms with van der Waals surface area (Å²) in [6, 6.07) is 3.39. The van der Waals surface area contributed by atoms with E-state index < -0.39 is 26.8 Å². The van der Waals surface area contributed by atoms with E-state index in [1.807, 2.05) is 0 Å². The average Bonchev–Trinajstić information content (AvgIpc) is 2.81. The van der Waals surface area contributed by atoms with Crippen LogP contribution in [0.15, 0.2) is 23.1 Å². The molecule has 0 amide bonds. The molecule has 0 bridgehead atoms. The highest BCUT2D eigenvalue weighted by atomic mass is 35.5. The second-order valence-corrected chi connectivity index (χ2v) is 6.41. The van der Waals surface area contributed by atoms with Crippen LogP contribution in [0.1, 0.15) is 12.8 Å². The van der Waals surface area contributed by atoms with Gasteiger partial charge in [-0.3, -0.25) is 0 Å². The topological polar surface area (TPSA) is 57.6 Å². The zero-order valence-electron chi connectivity index (χ0n) is 9.51. The fourth-order valence-electron chi connectivity index (χ4n) is 2.12. The molecular formula is C11H13ClFNO3S. The van der Waals surface area contributed by atoms with Crippen LogP contribution in [0.3, 0.4) is 0 Å². The zero-order valence-corrected chi connectivity index (χ0v) is 11.1. The minimum absolute atomic E-state index is 0.226. The Morgan fingerprint density at radius 3 is 2.89 bits per heavy atom. The maximum absolute atomic E-state index is 13.8. The Balaban J connectivity index is 2.45. The standard InChI is InChI=1S/C11H13ClFNO3S/c12-9-4-1-5-10(11(9)13)18(16,17)14-6-2-3-8(14)7-15/h1,4-5,8,15H,2-3,6-7H2/t8-/m1/s1. The van der Waals surface area contributed by atoms with Gasteiger partial charge in [0.15, 0.2) is 5.82 Å². The highest BCUT2D eigenvalue weighted by molar-refractivity contribution is 7.89. The molecule has 1 heterocycles. The fraction of sp³-hybridized carbons (Fsp3) is 0.455. The molecule has 0 unspecified atom stereocenters. The summed E-state index contributed by atoms with van der Waals surface area (Å²) in [6.07, 6.45) is 1.24. The highest BCUT2D eigenvalue weighted by Crippen LogP contribution is 2.29. The first-order chi connectivity index (χ1) is 8.48. The molecule has 1 aliphatic rings. The van der Waals surface area contributed by atoms with E-state index >= 15 is 0 Å². The molecule has 1 aromatic carbocycles. The van der Waals surface area contributed by atoms with Crippen LogP contribution in [-0.4, -0.2) is 37.0 Å². The lowest BCUT2D eigenvalue weighted by atomic mass is 10.2. The number of hydrogen-bond donors (Lipinski definition) is 1. The first-order valence-corrected chi connectivity index (χ1v) is 7.37. The van der Waals surface area contributed by atoms with Crippen LogP contribution in [0.25, 0.3) is 0 Å². The van der Waals surface area contributed by atoms with Gasteiger partial charge in [0.25, 0.3) is 0 Å². The van der Waals surface area contributed by atoms with Crippen molar-refractivity contribution in [2.24, 2.45) is 0 Å². The molecule has 4 nitrogen and oxygen atoms in total. The minimum Gasteiger partial charge on any atom is -0.395 e. The van der Waals surface area contributed by atoms with Gasteiger partial charge >= 0.3 is 0 Å². The van der Waals surface area contributed by atoms with Crippen molar-refractivity contribution in [2.75, 3.05) is 13.2 Å². The van der Waals surface area contributed by atoms with E-state index in [1.165, 1.54) is 18.2 Å². The molecule has 1 atom stereocenters. The molecule has 100 valence electrons. The Kier molecular flexibility index (Phi) is 3.91. The lowest BCUT2D eigenvalue weighted by Crippen LogP contribution is -2.38. The molecule has 0 radical (unpaired) electrons. The van der Waals surface area contributed by atoms with E-state index in [-0.39, 0.29) is 11.6 Å². The molecule has 0 aliphatic carbocycles. The van der Waals surface area contributed by atoms with Crippen LogP contribution in [-0.2, 0) is 10.0 Å². The molecule has 0 spiro atoms. The fourth-order valence-corrected chi connectivity index (χ4v) is 4.12. The molecule has 0 saturated carbocycles. The lowest BCUT2D eigenvalue weighted by Gasteiger charge is -2.22. The van der Waals surface area contributed by atoms with E-state index in [4.69, 9.17) is 16.7 Å². The Labute approximate surface area is 110 Å². The molecular weight excluding hydrogens is 281 g/mol. The van der Waals surface area contributed by atoms with Crippen molar-refractivity contribution in [3.63, 3.8) is 0 Å². The molecule has 2 rings (SSSR count). The van der Waals surface area contributed by atoms with Crippen molar-refractivity contribution in [1.82, 2.24) is 4.31 Å². The van der Waals surface area contributed by atoms with Crippen molar-refractivity contribution in [3.8, 4) is 0 Å². The molecule has 1 saturated heterocycles. The third kappa shape index (κ3) is 2.25. The predicted octanol–water partition coefficient (Wildman–Crippen LogP) is 1.62. The van der Waals surface area contributed by atoms with Gasteiger partial charge in [-0.1, -0.05) is 17.7 Å². The van der Waals surface area contributed by atoms with Gasteiger partial charge < -0.3 is 5.11 Å². The van der Waals surface area contributed by atoms with Gasteiger partial charge in [-0.25, -0.2) is 12.8 Å². The summed E-state index contributed by atoms with van der Waals surface area (Å²) in [4.78, 5) is -0.435. The molecule has 18 heavy (non-hydrogen) atoms. The Morgan fingerprint density at radius 2 is 2.22 bits per heavy atom. The quantitative estimate of drug-likeness (QED) is 0.921. The SMILES string of the molecule is O=S(=O)(c1cccc(Cl)c1F)N1CCC[C@@H]1CO. The number of nitrogens with zero attached hydrogens (tertiary/aromatic N) is 1. The minimum atomic E-state index is -3.94. The van der Waals surface area contributed by atoms with Crippen molar-refractivity contribution >= 4 is 21.6 Å². The van der Waals surface area contributed by atoms with Crippen molar-refractivity contribution < 1.29 is 17.9 Å². The number of aliphatic hydroxyl groups is 1. The highest BCUT2D eigenvalue weighted by Gasteiger charge is 2.36. The molecule has 1 aromatic rings. The van der Waals surface area contributed by atoms with E-state index in [1.54, 1.807) is 0 Å². The van der Waals surface area contributed by atoms with E-state index in [0.29, 0.717) is 19.4 Å². The zero-order chi connectivity index (χ0) is 13.3. The summed E-state index contributed by atoms with van der Waals surface area (Å²) in [5.41, 5.74) is 0. The van der Waals surface area contributed by atoms with Crippen LogP contribution in [0.2, 0.25) is 5.02 Å². The summed E-state index contributed by atoms with van der Waals surface area (Å²) in [6.45, 7) is 0.0287. The second kappa shape index (κ2) is 5.13. The van der Waals surface area contributed by atoms with Crippen molar-refractivity contribution in [3.05, 3.63) is 29.0 Å². The maximum Gasteiger partial charge on any atom is 0.246 e. The van der Waals surface area contributed by atoms with Crippen LogP contribution in [0.4, 0.5) is 4.39 Å². The van der Waals surface area contributed by atoms with E-state index in [2.05, 4.69) is 0 Å². The van der Waals surface area contributed by atoms with Crippen LogP contribution >= 0.6 is 11.6 Å². The van der Waals surface area contributed by atoms with Gasteiger partial charge in [-0.2, -0.15) is 4.31 Å². The Bertz CT molecular complexity index is 549. The monoisotopic (exact) mass is 293 g/mol. The van der Waals surface area contributed by atoms with Gasteiger partial charge in [-0.05, 0) is 25.0 Å². The third-order valence-electron chi connectivity index (χ3n) is 3.04. The van der Waals surface area contributed by atoms with Gasteiger partial charge in [-0.15, -0.1) is 0 Å². The van der Waals surface area contributed by atoms with Gasteiger partial charge in [0.05, 0.1) is 11.6 Å². The van der Waals surface area contributed by atoms with Crippen LogP contribution < -0.4 is 0 Å². The summed E-state index contributed by atoms with van der Waals surface area (Å²) >= 11 is 5.59. The predicted molar refractivity (Wildman–Crippen MR) is 65.4 cm³/mol. The number of hydrogen-bond acceptors (Lipinski definition) is 3. The normalized spacial score (nSPS) is 21.4. The van der Waals surface area contributed by atoms with E-state index in [0.717, 1.165) is 4.31 Å². The second-order valence-electron chi connectivity index (χ2n) is 4.15. The number of halogens is 2. The lowest BCUT2D eigenvalue weighted by molar-refractivity contribution is 0.213. The Morgan fingerprint density at radius 1 is 1.50 bits per heavy atom. The van der Waals surface area contributed by atoms with E-state index in [9.17, 15) is 12.8 Å². The number of aliphatic hydroxyl groups excluding tert-OH is 1. The molecule has 7 heteroatoms. The first kappa shape index (κ1) is 13.7. The van der Waals surface area contributed by atoms with Gasteiger partial charge in [0.1, 0.15) is 4.90 Å². The summed E-state index contributed by atoms with van der Waals surface area (Å²) < 4.78 is 39.5. The van der Waals surface area contributed by atoms with Crippen molar-refractivity contribution in [1.29, 1.82) is 0 Å². The van der Waals surface area contributed by atoms with Crippen LogP contribution in [0.5, 0.6) is 0 Å². The number of benzene rings is 1. The summed E-state index contributed by atoms with van der Waals surface area (Å²) in [5.74, 6) is -0.942. The van der Waals surface area contributed by atoms with Crippen molar-refractivity contribution in [2.45, 2.75) is 23.8 Å². The smallest absolute Gasteiger partial charge is 0.246 e. The van der Waals surface area contributed by atoms with Gasteiger partial charge in [0.2, 0.25) is 10.0 Å². The molecule has 1 aliphatic heterocycles. The van der Waals surface area contributed by atoms with Gasteiger partial charge in [0, 0.05) is 12.6 Å². The average molecular weight is 294 g/mol. The largest absolute Gasteiger partial charge is 0.395 e. The van der Waals surface area contributed by atoms with Crippen LogP contribution in [0, 0.1) is 5.82 Å². The summed E-state index contributed by atoms with van der Waals surface area (Å²) in [5, 5.41) is 8.92. The number of sulfonamides is 1.